The van der Waals surface area contributed by atoms with Crippen LogP contribution in [-0.2, 0) is 5.54 Å². The van der Waals surface area contributed by atoms with Gasteiger partial charge in [-0.1, -0.05) is 36.4 Å². The summed E-state index contributed by atoms with van der Waals surface area (Å²) in [6.45, 7) is 0. The summed E-state index contributed by atoms with van der Waals surface area (Å²) in [6, 6.07) is 22.0. The van der Waals surface area contributed by atoms with Crippen LogP contribution in [0, 0.1) is 5.82 Å². The number of benzene rings is 2. The Kier molecular flexibility index (Phi) is 3.76. The lowest BCUT2D eigenvalue weighted by atomic mass is 10.0. The summed E-state index contributed by atoms with van der Waals surface area (Å²) >= 11 is 0. The first-order chi connectivity index (χ1) is 13.7. The number of carbonyl (C=O) groups excluding carboxylic acids is 1. The van der Waals surface area contributed by atoms with Gasteiger partial charge in [-0.25, -0.2) is 9.37 Å². The van der Waals surface area contributed by atoms with Crippen LogP contribution >= 0.6 is 0 Å². The van der Waals surface area contributed by atoms with Gasteiger partial charge in [0.05, 0.1) is 17.3 Å². The fourth-order valence-corrected chi connectivity index (χ4v) is 3.72. The van der Waals surface area contributed by atoms with E-state index in [4.69, 9.17) is 0 Å². The third-order valence-corrected chi connectivity index (χ3v) is 5.37. The van der Waals surface area contributed by atoms with Gasteiger partial charge in [-0.2, -0.15) is 4.40 Å². The van der Waals surface area contributed by atoms with Crippen LogP contribution < -0.4 is 9.72 Å². The second-order valence-corrected chi connectivity index (χ2v) is 7.21. The molecule has 4 aromatic rings. The Morgan fingerprint density at radius 1 is 0.964 bits per heavy atom. The van der Waals surface area contributed by atoms with E-state index in [-0.39, 0.29) is 17.3 Å². The molecule has 0 bridgehead atoms. The smallest absolute Gasteiger partial charge is 0.296 e. The number of imidazole rings is 1. The molecule has 1 fully saturated rings. The van der Waals surface area contributed by atoms with E-state index in [0.29, 0.717) is 5.69 Å². The lowest BCUT2D eigenvalue weighted by Crippen LogP contribution is -2.35. The number of nitrogens with one attached hydrogen (secondary N) is 2. The van der Waals surface area contributed by atoms with E-state index in [1.165, 1.54) is 12.1 Å². The molecule has 0 saturated heterocycles. The predicted octanol–water partition coefficient (Wildman–Crippen LogP) is 3.98. The highest BCUT2D eigenvalue weighted by atomic mass is 19.1. The Bertz CT molecular complexity index is 1160. The number of carbonyl (C=O) groups is 1. The number of amides is 1. The van der Waals surface area contributed by atoms with Crippen LogP contribution in [0.25, 0.3) is 16.9 Å². The van der Waals surface area contributed by atoms with E-state index >= 15 is 0 Å². The Morgan fingerprint density at radius 2 is 1.68 bits per heavy atom. The highest BCUT2D eigenvalue weighted by Gasteiger charge is 2.46. The maximum Gasteiger partial charge on any atom is 0.296 e. The molecule has 5 heteroatoms. The summed E-state index contributed by atoms with van der Waals surface area (Å²) in [5, 5.41) is 3.22. The van der Waals surface area contributed by atoms with E-state index in [9.17, 15) is 9.18 Å². The molecule has 138 valence electrons. The van der Waals surface area contributed by atoms with Gasteiger partial charge in [0.15, 0.2) is 5.52 Å². The molecule has 0 unspecified atom stereocenters. The van der Waals surface area contributed by atoms with Gasteiger partial charge in [0.2, 0.25) is 5.69 Å². The molecule has 0 aliphatic heterocycles. The Balaban J connectivity index is 1.54. The van der Waals surface area contributed by atoms with Crippen LogP contribution in [0.3, 0.4) is 0 Å². The second-order valence-electron chi connectivity index (χ2n) is 7.21. The average molecular weight is 372 g/mol. The van der Waals surface area contributed by atoms with Gasteiger partial charge in [-0.05, 0) is 54.8 Å². The van der Waals surface area contributed by atoms with Gasteiger partial charge in [0, 0.05) is 0 Å². The quantitative estimate of drug-likeness (QED) is 0.523. The molecular weight excluding hydrogens is 353 g/mol. The van der Waals surface area contributed by atoms with Crippen molar-refractivity contribution < 1.29 is 13.6 Å². The van der Waals surface area contributed by atoms with Gasteiger partial charge >= 0.3 is 0 Å². The van der Waals surface area contributed by atoms with Crippen LogP contribution in [0.1, 0.15) is 28.9 Å². The van der Waals surface area contributed by atoms with Gasteiger partial charge in [-0.3, -0.25) is 4.79 Å². The normalized spacial score (nSPS) is 14.8. The maximum absolute atomic E-state index is 13.3. The van der Waals surface area contributed by atoms with E-state index in [1.807, 2.05) is 47.0 Å². The standard InChI is InChI=1S/C23H18FN3O/c24-18-11-9-16(10-12-18)21-25-20(19-8-4-5-15-27(19)21)22(28)26-23(13-14-23)17-6-2-1-3-7-17/h1-12,15H,13-14H2,(H,26,28)/p+1. The second kappa shape index (κ2) is 6.30. The monoisotopic (exact) mass is 372 g/mol. The molecule has 2 heterocycles. The van der Waals surface area contributed by atoms with Crippen molar-refractivity contribution in [3.63, 3.8) is 0 Å². The number of halogens is 1. The molecule has 2 aromatic heterocycles. The van der Waals surface area contributed by atoms with Crippen molar-refractivity contribution in [1.29, 1.82) is 0 Å². The van der Waals surface area contributed by atoms with Crippen molar-refractivity contribution in [3.05, 3.63) is 96.1 Å². The summed E-state index contributed by atoms with van der Waals surface area (Å²) < 4.78 is 15.2. The fraction of sp³-hybridized carbons (Fsp3) is 0.130. The maximum atomic E-state index is 13.3. The van der Waals surface area contributed by atoms with Gasteiger partial charge < -0.3 is 5.32 Å². The molecule has 1 amide bonds. The van der Waals surface area contributed by atoms with Crippen molar-refractivity contribution in [2.45, 2.75) is 18.4 Å². The van der Waals surface area contributed by atoms with Gasteiger partial charge in [0.25, 0.3) is 11.7 Å². The zero-order chi connectivity index (χ0) is 19.1. The topological polar surface area (TPSA) is 49.0 Å². The van der Waals surface area contributed by atoms with Crippen LogP contribution in [0.15, 0.2) is 79.0 Å². The minimum absolute atomic E-state index is 0.140. The molecule has 5 rings (SSSR count). The number of aromatic amines is 1. The van der Waals surface area contributed by atoms with Crippen molar-refractivity contribution in [1.82, 2.24) is 10.3 Å². The van der Waals surface area contributed by atoms with Crippen LogP contribution in [0.5, 0.6) is 0 Å². The number of rotatable bonds is 4. The molecule has 0 atom stereocenters. The lowest BCUT2D eigenvalue weighted by molar-refractivity contribution is -0.498. The fourth-order valence-electron chi connectivity index (χ4n) is 3.72. The minimum Gasteiger partial charge on any atom is -0.339 e. The highest BCUT2D eigenvalue weighted by Crippen LogP contribution is 2.45. The molecule has 28 heavy (non-hydrogen) atoms. The molecule has 4 nitrogen and oxygen atoms in total. The number of aromatic nitrogens is 2. The SMILES string of the molecule is O=C(NC1(c2ccccc2)CC1)c1[nH]c(-c2ccc(F)cc2)[n+]2ccccc12. The van der Waals surface area contributed by atoms with Crippen LogP contribution in [0.2, 0.25) is 0 Å². The van der Waals surface area contributed by atoms with Gasteiger partial charge in [0.1, 0.15) is 5.82 Å². The molecule has 2 N–H and O–H groups in total. The Hall–Kier alpha value is -3.47. The highest BCUT2D eigenvalue weighted by molar-refractivity contribution is 5.99. The molecule has 1 aliphatic rings. The third-order valence-electron chi connectivity index (χ3n) is 5.37. The van der Waals surface area contributed by atoms with E-state index < -0.39 is 0 Å². The first-order valence-corrected chi connectivity index (χ1v) is 9.33. The van der Waals surface area contributed by atoms with Crippen molar-refractivity contribution in [2.75, 3.05) is 0 Å². The largest absolute Gasteiger partial charge is 0.339 e. The van der Waals surface area contributed by atoms with E-state index in [0.717, 1.165) is 35.3 Å². The van der Waals surface area contributed by atoms with Crippen molar-refractivity contribution >= 4 is 11.4 Å². The van der Waals surface area contributed by atoms with Gasteiger partial charge in [-0.15, -0.1) is 0 Å². The summed E-state index contributed by atoms with van der Waals surface area (Å²) in [5.41, 5.74) is 2.94. The Morgan fingerprint density at radius 3 is 2.39 bits per heavy atom. The minimum atomic E-state index is -0.291. The Labute approximate surface area is 161 Å². The van der Waals surface area contributed by atoms with Crippen LogP contribution in [0.4, 0.5) is 4.39 Å². The lowest BCUT2D eigenvalue weighted by Gasteiger charge is -2.16. The number of hydrogen-bond donors (Lipinski definition) is 2. The molecule has 0 spiro atoms. The van der Waals surface area contributed by atoms with E-state index in [1.54, 1.807) is 12.1 Å². The summed E-state index contributed by atoms with van der Waals surface area (Å²) in [5.74, 6) is 0.310. The third kappa shape index (κ3) is 2.76. The average Bonchev–Trinajstić information content (AvgIpc) is 3.41. The zero-order valence-electron chi connectivity index (χ0n) is 15.2. The summed E-state index contributed by atoms with van der Waals surface area (Å²) in [7, 11) is 0. The number of pyridine rings is 1. The van der Waals surface area contributed by atoms with Crippen molar-refractivity contribution in [2.24, 2.45) is 0 Å². The number of fused-ring (bicyclic) bond motifs is 1. The summed E-state index contributed by atoms with van der Waals surface area (Å²) in [4.78, 5) is 16.4. The predicted molar refractivity (Wildman–Crippen MR) is 104 cm³/mol. The molecule has 1 aliphatic carbocycles. The molecule has 0 radical (unpaired) electrons. The summed E-state index contributed by atoms with van der Waals surface area (Å²) in [6.07, 6.45) is 3.75. The number of H-pyrrole nitrogens is 1. The molecule has 2 aromatic carbocycles. The van der Waals surface area contributed by atoms with Crippen LogP contribution in [-0.4, -0.2) is 10.9 Å². The number of nitrogens with zero attached hydrogens (tertiary/aromatic N) is 1. The first kappa shape index (κ1) is 16.7. The number of hydrogen-bond acceptors (Lipinski definition) is 1. The molecular formula is C23H19FN3O+. The molecule has 1 saturated carbocycles. The van der Waals surface area contributed by atoms with E-state index in [2.05, 4.69) is 22.4 Å². The zero-order valence-corrected chi connectivity index (χ0v) is 15.2. The first-order valence-electron chi connectivity index (χ1n) is 9.33. The van der Waals surface area contributed by atoms with Crippen molar-refractivity contribution in [3.8, 4) is 11.4 Å².